The molecule has 4 nitrogen and oxygen atoms in total. The van der Waals surface area contributed by atoms with Gasteiger partial charge in [-0.3, -0.25) is 4.79 Å². The van der Waals surface area contributed by atoms with Crippen molar-refractivity contribution >= 4 is 23.6 Å². The Balaban J connectivity index is 3.14. The first-order valence-corrected chi connectivity index (χ1v) is 5.24. The number of nitrogens with two attached hydrogens (primary N) is 1. The molecule has 1 aliphatic rings. The van der Waals surface area contributed by atoms with Crippen molar-refractivity contribution in [2.75, 3.05) is 0 Å². The lowest BCUT2D eigenvalue weighted by Gasteiger charge is -2.32. The second-order valence-electron chi connectivity index (χ2n) is 3.78. The van der Waals surface area contributed by atoms with Gasteiger partial charge in [0.2, 0.25) is 0 Å². The Morgan fingerprint density at radius 1 is 1.67 bits per heavy atom. The third-order valence-electron chi connectivity index (χ3n) is 2.49. The van der Waals surface area contributed by atoms with Crippen molar-refractivity contribution in [3.63, 3.8) is 0 Å². The highest BCUT2D eigenvalue weighted by Crippen LogP contribution is 2.37. The van der Waals surface area contributed by atoms with Gasteiger partial charge < -0.3 is 10.9 Å². The largest absolute Gasteiger partial charge is 0.411 e. The first-order chi connectivity index (χ1) is 8.23. The molecular weight excluding hydrogens is 273 g/mol. The van der Waals surface area contributed by atoms with Crippen LogP contribution in [0.25, 0.3) is 0 Å². The number of allylic oxidation sites excluding steroid dienone is 4. The van der Waals surface area contributed by atoms with E-state index in [0.717, 1.165) is 6.08 Å². The van der Waals surface area contributed by atoms with E-state index in [1.807, 2.05) is 0 Å². The van der Waals surface area contributed by atoms with Crippen LogP contribution in [0.4, 0.5) is 13.2 Å². The lowest BCUT2D eigenvalue weighted by molar-refractivity contribution is -0.155. The molecule has 2 atom stereocenters. The molecule has 8 heteroatoms. The van der Waals surface area contributed by atoms with Gasteiger partial charge in [0.05, 0.1) is 11.6 Å². The number of oxime groups is 1. The van der Waals surface area contributed by atoms with E-state index in [2.05, 4.69) is 5.16 Å². The van der Waals surface area contributed by atoms with Crippen LogP contribution in [0.3, 0.4) is 0 Å². The fourth-order valence-electron chi connectivity index (χ4n) is 1.61. The molecule has 0 aromatic heterocycles. The van der Waals surface area contributed by atoms with Crippen LogP contribution in [-0.4, -0.2) is 28.8 Å². The van der Waals surface area contributed by atoms with Gasteiger partial charge in [-0.05, 0) is 6.08 Å². The molecule has 0 amide bonds. The summed E-state index contributed by atoms with van der Waals surface area (Å²) in [5.41, 5.74) is 3.63. The van der Waals surface area contributed by atoms with Crippen LogP contribution in [0.1, 0.15) is 6.42 Å². The van der Waals surface area contributed by atoms with E-state index in [9.17, 15) is 18.0 Å². The molecule has 0 aromatic carbocycles. The summed E-state index contributed by atoms with van der Waals surface area (Å²) >= 11 is 5.86. The second kappa shape index (κ2) is 5.01. The quantitative estimate of drug-likeness (QED) is 0.360. The van der Waals surface area contributed by atoms with Crippen molar-refractivity contribution in [1.82, 2.24) is 0 Å². The lowest BCUT2D eigenvalue weighted by atomic mass is 9.76. The van der Waals surface area contributed by atoms with Gasteiger partial charge in [0.15, 0.2) is 5.78 Å². The van der Waals surface area contributed by atoms with Crippen LogP contribution in [0.15, 0.2) is 29.1 Å². The highest BCUT2D eigenvalue weighted by Gasteiger charge is 2.48. The highest BCUT2D eigenvalue weighted by molar-refractivity contribution is 6.28. The number of ketones is 1. The van der Waals surface area contributed by atoms with Gasteiger partial charge in [-0.25, -0.2) is 0 Å². The Morgan fingerprint density at radius 2 is 2.28 bits per heavy atom. The van der Waals surface area contributed by atoms with Crippen molar-refractivity contribution in [3.8, 4) is 0 Å². The van der Waals surface area contributed by atoms with Gasteiger partial charge in [-0.1, -0.05) is 12.2 Å². The smallest absolute Gasteiger partial charge is 0.395 e. The molecule has 18 heavy (non-hydrogen) atoms. The first kappa shape index (κ1) is 14.6. The predicted octanol–water partition coefficient (Wildman–Crippen LogP) is 1.97. The second-order valence-corrected chi connectivity index (χ2v) is 4.22. The standard InChI is InChI=1S/C10H10ClF3N2O2/c11-8-6(15)2-1-3-9(8,5-16-18)7(17)4-10(12,13)14/h1-3,5,8,18H,4,15H2. The molecule has 0 spiro atoms. The molecule has 0 aliphatic heterocycles. The highest BCUT2D eigenvalue weighted by atomic mass is 35.5. The van der Waals surface area contributed by atoms with Crippen LogP contribution >= 0.6 is 11.6 Å². The van der Waals surface area contributed by atoms with Crippen molar-refractivity contribution in [2.45, 2.75) is 18.0 Å². The fourth-order valence-corrected chi connectivity index (χ4v) is 1.93. The third-order valence-corrected chi connectivity index (χ3v) is 3.10. The van der Waals surface area contributed by atoms with E-state index in [1.165, 1.54) is 12.2 Å². The topological polar surface area (TPSA) is 75.7 Å². The number of Topliss-reactive ketones (excluding diaryl/α,β-unsaturated/α-hetero) is 1. The van der Waals surface area contributed by atoms with Crippen molar-refractivity contribution < 1.29 is 23.2 Å². The van der Waals surface area contributed by atoms with Gasteiger partial charge in [-0.15, -0.1) is 16.8 Å². The number of carbonyl (C=O) groups is 1. The molecule has 0 saturated carbocycles. The third kappa shape index (κ3) is 2.84. The molecular formula is C10H10ClF3N2O2. The molecule has 0 aromatic rings. The normalized spacial score (nSPS) is 28.4. The number of rotatable bonds is 3. The number of hydrogen-bond donors (Lipinski definition) is 2. The summed E-state index contributed by atoms with van der Waals surface area (Å²) in [4.78, 5) is 11.7. The monoisotopic (exact) mass is 282 g/mol. The molecule has 0 heterocycles. The Morgan fingerprint density at radius 3 is 2.78 bits per heavy atom. The average Bonchev–Trinajstić information content (AvgIpc) is 2.22. The van der Waals surface area contributed by atoms with E-state index in [0.29, 0.717) is 6.21 Å². The number of alkyl halides is 4. The molecule has 0 fully saturated rings. The van der Waals surface area contributed by atoms with Gasteiger partial charge >= 0.3 is 6.18 Å². The first-order valence-electron chi connectivity index (χ1n) is 4.80. The van der Waals surface area contributed by atoms with Gasteiger partial charge in [0, 0.05) is 5.70 Å². The van der Waals surface area contributed by atoms with Crippen LogP contribution in [-0.2, 0) is 4.79 Å². The number of hydrogen-bond acceptors (Lipinski definition) is 4. The summed E-state index contributed by atoms with van der Waals surface area (Å²) < 4.78 is 36.8. The van der Waals surface area contributed by atoms with E-state index >= 15 is 0 Å². The summed E-state index contributed by atoms with van der Waals surface area (Å²) in [7, 11) is 0. The molecule has 3 N–H and O–H groups in total. The Labute approximate surface area is 106 Å². The summed E-state index contributed by atoms with van der Waals surface area (Å²) in [5.74, 6) is -1.24. The minimum Gasteiger partial charge on any atom is -0.411 e. The maximum atomic E-state index is 12.3. The molecule has 0 bridgehead atoms. The van der Waals surface area contributed by atoms with Crippen LogP contribution in [0, 0.1) is 5.41 Å². The molecule has 1 aliphatic carbocycles. The van der Waals surface area contributed by atoms with E-state index in [4.69, 9.17) is 22.5 Å². The summed E-state index contributed by atoms with van der Waals surface area (Å²) in [6.45, 7) is 0. The van der Waals surface area contributed by atoms with E-state index in [1.54, 1.807) is 0 Å². The Kier molecular flexibility index (Phi) is 4.05. The molecule has 0 radical (unpaired) electrons. The summed E-state index contributed by atoms with van der Waals surface area (Å²) in [5, 5.41) is 9.93. The minimum atomic E-state index is -4.67. The molecule has 100 valence electrons. The van der Waals surface area contributed by atoms with Gasteiger partial charge in [0.25, 0.3) is 0 Å². The number of halogens is 4. The summed E-state index contributed by atoms with van der Waals surface area (Å²) in [6.07, 6.45) is -1.90. The van der Waals surface area contributed by atoms with Gasteiger partial charge in [-0.2, -0.15) is 13.2 Å². The maximum Gasteiger partial charge on any atom is 0.395 e. The zero-order valence-corrected chi connectivity index (χ0v) is 9.74. The molecule has 1 rings (SSSR count). The van der Waals surface area contributed by atoms with Crippen LogP contribution < -0.4 is 5.73 Å². The zero-order chi connectivity index (χ0) is 14.0. The minimum absolute atomic E-state index is 0.0228. The lowest BCUT2D eigenvalue weighted by Crippen LogP contribution is -2.45. The Bertz CT molecular complexity index is 431. The number of carbonyl (C=O) groups excluding carboxylic acids is 1. The molecule has 2 unspecified atom stereocenters. The molecule has 0 saturated heterocycles. The van der Waals surface area contributed by atoms with Crippen molar-refractivity contribution in [1.29, 1.82) is 0 Å². The number of nitrogens with zero attached hydrogens (tertiary/aromatic N) is 1. The zero-order valence-electron chi connectivity index (χ0n) is 8.99. The fraction of sp³-hybridized carbons (Fsp3) is 0.400. The average molecular weight is 283 g/mol. The van der Waals surface area contributed by atoms with E-state index in [-0.39, 0.29) is 5.70 Å². The van der Waals surface area contributed by atoms with Crippen LogP contribution in [0.2, 0.25) is 0 Å². The van der Waals surface area contributed by atoms with Gasteiger partial charge in [0.1, 0.15) is 11.8 Å². The van der Waals surface area contributed by atoms with E-state index < -0.39 is 29.2 Å². The summed E-state index contributed by atoms with van der Waals surface area (Å²) in [6, 6.07) is 0. The Hall–Kier alpha value is -1.50. The SMILES string of the molecule is NC1=CC=CC(C=NO)(C(=O)CC(F)(F)F)C1Cl. The van der Waals surface area contributed by atoms with Crippen LogP contribution in [0.5, 0.6) is 0 Å². The van der Waals surface area contributed by atoms with Crippen molar-refractivity contribution in [2.24, 2.45) is 16.3 Å². The predicted molar refractivity (Wildman–Crippen MR) is 59.4 cm³/mol. The maximum absolute atomic E-state index is 12.3. The van der Waals surface area contributed by atoms with Crippen molar-refractivity contribution in [3.05, 3.63) is 23.9 Å².